The monoisotopic (exact) mass is 508 g/mol. The largest absolute Gasteiger partial charge is 0.573 e. The third kappa shape index (κ3) is 4.83. The lowest BCUT2D eigenvalue weighted by Gasteiger charge is -2.13. The average Bonchev–Trinajstić information content (AvgIpc) is 2.99. The van der Waals surface area contributed by atoms with Crippen LogP contribution in [0.4, 0.5) is 13.2 Å². The molecule has 3 rings (SSSR count). The van der Waals surface area contributed by atoms with Crippen LogP contribution in [0, 0.1) is 2.88 Å². The molecule has 142 valence electrons. The van der Waals surface area contributed by atoms with Crippen LogP contribution in [0.3, 0.4) is 0 Å². The van der Waals surface area contributed by atoms with Crippen LogP contribution in [0.1, 0.15) is 15.9 Å². The highest BCUT2D eigenvalue weighted by molar-refractivity contribution is 14.1. The first-order chi connectivity index (χ1) is 12.8. The zero-order valence-corrected chi connectivity index (χ0v) is 16.8. The third-order valence-electron chi connectivity index (χ3n) is 3.57. The highest BCUT2D eigenvalue weighted by atomic mass is 127. The summed E-state index contributed by atoms with van der Waals surface area (Å²) < 4.78 is 53.2. The number of esters is 1. The molecule has 0 fully saturated rings. The highest BCUT2D eigenvalue weighted by Crippen LogP contribution is 2.37. The van der Waals surface area contributed by atoms with Crippen LogP contribution < -0.4 is 9.47 Å². The standard InChI is InChI=1S/C18H12F3IO4S/c1-24-17(23)12-6-7-14-13(8-15(22)27-14)16(12)25-9-10-2-4-11(5-3-10)26-18(19,20)21/h2-8H,9H2,1H3. The number of rotatable bonds is 5. The van der Waals surface area contributed by atoms with Crippen molar-refractivity contribution in [1.29, 1.82) is 0 Å². The SMILES string of the molecule is COC(=O)c1ccc2sc(I)cc2c1OCc1ccc(OC(F)(F)F)cc1. The number of alkyl halides is 3. The van der Waals surface area contributed by atoms with Gasteiger partial charge in [0.25, 0.3) is 0 Å². The molecule has 0 bridgehead atoms. The second-order valence-electron chi connectivity index (χ2n) is 5.38. The van der Waals surface area contributed by atoms with Gasteiger partial charge < -0.3 is 14.2 Å². The minimum absolute atomic E-state index is 0.0713. The summed E-state index contributed by atoms with van der Waals surface area (Å²) in [6.07, 6.45) is -4.74. The number of carbonyl (C=O) groups excluding carboxylic acids is 1. The maximum atomic E-state index is 12.2. The van der Waals surface area contributed by atoms with E-state index < -0.39 is 12.3 Å². The topological polar surface area (TPSA) is 44.8 Å². The Morgan fingerprint density at radius 3 is 2.48 bits per heavy atom. The molecule has 4 nitrogen and oxygen atoms in total. The van der Waals surface area contributed by atoms with E-state index in [1.54, 1.807) is 17.4 Å². The molecule has 27 heavy (non-hydrogen) atoms. The molecule has 0 atom stereocenters. The number of halogens is 4. The number of methoxy groups -OCH3 is 1. The highest BCUT2D eigenvalue weighted by Gasteiger charge is 2.31. The van der Waals surface area contributed by atoms with Crippen molar-refractivity contribution >= 4 is 50.0 Å². The van der Waals surface area contributed by atoms with Gasteiger partial charge in [0.05, 0.1) is 9.99 Å². The number of hydrogen-bond acceptors (Lipinski definition) is 5. The Morgan fingerprint density at radius 2 is 1.85 bits per heavy atom. The number of carbonyl (C=O) groups is 1. The smallest absolute Gasteiger partial charge is 0.487 e. The minimum Gasteiger partial charge on any atom is -0.487 e. The van der Waals surface area contributed by atoms with Crippen LogP contribution in [-0.2, 0) is 11.3 Å². The number of fused-ring (bicyclic) bond motifs is 1. The van der Waals surface area contributed by atoms with E-state index in [-0.39, 0.29) is 17.9 Å². The van der Waals surface area contributed by atoms with Gasteiger partial charge in [-0.25, -0.2) is 4.79 Å². The van der Waals surface area contributed by atoms with Gasteiger partial charge in [-0.05, 0) is 58.5 Å². The molecule has 1 heterocycles. The van der Waals surface area contributed by atoms with E-state index in [1.807, 2.05) is 12.1 Å². The zero-order chi connectivity index (χ0) is 19.6. The molecule has 0 spiro atoms. The van der Waals surface area contributed by atoms with E-state index >= 15 is 0 Å². The molecular formula is C18H12F3IO4S. The minimum atomic E-state index is -4.74. The lowest BCUT2D eigenvalue weighted by Crippen LogP contribution is -2.17. The van der Waals surface area contributed by atoms with E-state index in [9.17, 15) is 18.0 Å². The van der Waals surface area contributed by atoms with Crippen molar-refractivity contribution in [2.75, 3.05) is 7.11 Å². The van der Waals surface area contributed by atoms with E-state index in [4.69, 9.17) is 9.47 Å². The van der Waals surface area contributed by atoms with E-state index in [0.29, 0.717) is 11.3 Å². The Morgan fingerprint density at radius 1 is 1.15 bits per heavy atom. The van der Waals surface area contributed by atoms with E-state index in [1.165, 1.54) is 31.4 Å². The van der Waals surface area contributed by atoms with Gasteiger partial charge in [-0.3, -0.25) is 0 Å². The van der Waals surface area contributed by atoms with Gasteiger partial charge in [0.2, 0.25) is 0 Å². The summed E-state index contributed by atoms with van der Waals surface area (Å²) >= 11 is 3.74. The molecule has 1 aromatic heterocycles. The fourth-order valence-electron chi connectivity index (χ4n) is 2.42. The predicted octanol–water partition coefficient (Wildman–Crippen LogP) is 5.77. The maximum Gasteiger partial charge on any atom is 0.573 e. The third-order valence-corrected chi connectivity index (χ3v) is 5.43. The van der Waals surface area contributed by atoms with Gasteiger partial charge in [-0.2, -0.15) is 0 Å². The van der Waals surface area contributed by atoms with Crippen molar-refractivity contribution < 1.29 is 32.2 Å². The Hall–Kier alpha value is -2.01. The fourth-order valence-corrected chi connectivity index (χ4v) is 4.23. The van der Waals surface area contributed by atoms with Crippen molar-refractivity contribution in [3.8, 4) is 11.5 Å². The molecule has 0 saturated carbocycles. The van der Waals surface area contributed by atoms with Gasteiger partial charge in [-0.15, -0.1) is 24.5 Å². The van der Waals surface area contributed by atoms with Gasteiger partial charge in [0.15, 0.2) is 0 Å². The van der Waals surface area contributed by atoms with Gasteiger partial charge in [-0.1, -0.05) is 12.1 Å². The summed E-state index contributed by atoms with van der Waals surface area (Å²) in [5.41, 5.74) is 0.915. The van der Waals surface area contributed by atoms with Crippen LogP contribution in [0.25, 0.3) is 10.1 Å². The van der Waals surface area contributed by atoms with Crippen LogP contribution >= 0.6 is 33.9 Å². The Labute approximate surface area is 170 Å². The molecule has 0 aliphatic rings. The van der Waals surface area contributed by atoms with Gasteiger partial charge in [0, 0.05) is 10.1 Å². The maximum absolute atomic E-state index is 12.2. The van der Waals surface area contributed by atoms with Crippen molar-refractivity contribution in [3.05, 3.63) is 56.5 Å². The molecule has 9 heteroatoms. The zero-order valence-electron chi connectivity index (χ0n) is 13.8. The van der Waals surface area contributed by atoms with Crippen LogP contribution in [0.15, 0.2) is 42.5 Å². The second kappa shape index (κ2) is 7.93. The number of ether oxygens (including phenoxy) is 3. The second-order valence-corrected chi connectivity index (χ2v) is 8.35. The van der Waals surface area contributed by atoms with Crippen LogP contribution in [0.2, 0.25) is 0 Å². The molecule has 0 radical (unpaired) electrons. The molecule has 0 N–H and O–H groups in total. The van der Waals surface area contributed by atoms with Crippen molar-refractivity contribution in [2.24, 2.45) is 0 Å². The quantitative estimate of drug-likeness (QED) is 0.325. The summed E-state index contributed by atoms with van der Waals surface area (Å²) in [4.78, 5) is 12.0. The summed E-state index contributed by atoms with van der Waals surface area (Å²) in [7, 11) is 1.28. The van der Waals surface area contributed by atoms with Gasteiger partial charge >= 0.3 is 12.3 Å². The summed E-state index contributed by atoms with van der Waals surface area (Å²) in [5.74, 6) is -0.452. The van der Waals surface area contributed by atoms with Crippen molar-refractivity contribution in [2.45, 2.75) is 13.0 Å². The Balaban J connectivity index is 1.84. The summed E-state index contributed by atoms with van der Waals surface area (Å²) in [6.45, 7) is 0.0713. The first-order valence-electron chi connectivity index (χ1n) is 7.54. The van der Waals surface area contributed by atoms with Crippen LogP contribution in [0.5, 0.6) is 11.5 Å². The first-order valence-corrected chi connectivity index (χ1v) is 9.44. The van der Waals surface area contributed by atoms with Crippen molar-refractivity contribution in [1.82, 2.24) is 0 Å². The molecule has 0 unspecified atom stereocenters. The van der Waals surface area contributed by atoms with Gasteiger partial charge in [0.1, 0.15) is 23.7 Å². The molecule has 3 aromatic rings. The Bertz CT molecular complexity index is 967. The molecule has 0 aliphatic heterocycles. The molecule has 0 aliphatic carbocycles. The van der Waals surface area contributed by atoms with E-state index in [2.05, 4.69) is 27.3 Å². The summed E-state index contributed by atoms with van der Waals surface area (Å²) in [6, 6.07) is 10.7. The van der Waals surface area contributed by atoms with Crippen LogP contribution in [-0.4, -0.2) is 19.4 Å². The average molecular weight is 508 g/mol. The van der Waals surface area contributed by atoms with Crippen molar-refractivity contribution in [3.63, 3.8) is 0 Å². The first kappa shape index (κ1) is 19.7. The normalized spacial score (nSPS) is 11.4. The summed E-state index contributed by atoms with van der Waals surface area (Å²) in [5, 5.41) is 0.782. The number of thiophene rings is 1. The Kier molecular flexibility index (Phi) is 5.80. The molecule has 0 amide bonds. The lowest BCUT2D eigenvalue weighted by molar-refractivity contribution is -0.274. The van der Waals surface area contributed by atoms with E-state index in [0.717, 1.165) is 13.0 Å². The molecule has 0 saturated heterocycles. The fraction of sp³-hybridized carbons (Fsp3) is 0.167. The molecule has 2 aromatic carbocycles. The number of benzene rings is 2. The molecular weight excluding hydrogens is 496 g/mol. The lowest BCUT2D eigenvalue weighted by atomic mass is 10.1. The predicted molar refractivity (Wildman–Crippen MR) is 103 cm³/mol. The number of hydrogen-bond donors (Lipinski definition) is 0.